The average Bonchev–Trinajstić information content (AvgIpc) is 2.54. The van der Waals surface area contributed by atoms with Crippen LogP contribution < -0.4 is 15.4 Å². The molecule has 3 rings (SSSR count). The van der Waals surface area contributed by atoms with E-state index in [1.807, 2.05) is 36.4 Å². The Kier molecular flexibility index (Phi) is 3.88. The van der Waals surface area contributed by atoms with Gasteiger partial charge in [0.25, 0.3) is 5.91 Å². The average molecular weight is 282 g/mol. The number of hydrogen-bond donors (Lipinski definition) is 2. The van der Waals surface area contributed by atoms with E-state index < -0.39 is 0 Å². The Bertz CT molecular complexity index is 668. The third kappa shape index (κ3) is 2.90. The molecule has 1 aliphatic heterocycles. The lowest BCUT2D eigenvalue weighted by molar-refractivity contribution is 0.102. The summed E-state index contributed by atoms with van der Waals surface area (Å²) in [5, 5.41) is 6.27. The van der Waals surface area contributed by atoms with E-state index in [-0.39, 0.29) is 5.91 Å². The van der Waals surface area contributed by atoms with E-state index in [1.165, 1.54) is 5.56 Å². The molecule has 0 saturated heterocycles. The molecule has 0 spiro atoms. The molecule has 0 aliphatic carbocycles. The molecule has 1 heterocycles. The Labute approximate surface area is 124 Å². The topological polar surface area (TPSA) is 50.4 Å². The van der Waals surface area contributed by atoms with Crippen LogP contribution in [0.15, 0.2) is 42.5 Å². The largest absolute Gasteiger partial charge is 0.497 e. The minimum absolute atomic E-state index is 0.0676. The number of amides is 1. The van der Waals surface area contributed by atoms with Gasteiger partial charge in [0.2, 0.25) is 0 Å². The number of carbonyl (C=O) groups excluding carboxylic acids is 1. The molecule has 1 amide bonds. The van der Waals surface area contributed by atoms with Gasteiger partial charge in [-0.15, -0.1) is 0 Å². The molecule has 4 heteroatoms. The van der Waals surface area contributed by atoms with Gasteiger partial charge in [-0.25, -0.2) is 0 Å². The van der Waals surface area contributed by atoms with E-state index in [0.717, 1.165) is 42.1 Å². The number of carbonyl (C=O) groups is 1. The molecule has 4 nitrogen and oxygen atoms in total. The van der Waals surface area contributed by atoms with Crippen LogP contribution in [0.3, 0.4) is 0 Å². The summed E-state index contributed by atoms with van der Waals surface area (Å²) < 4.78 is 5.17. The molecule has 0 fully saturated rings. The maximum atomic E-state index is 12.5. The van der Waals surface area contributed by atoms with Crippen LogP contribution in [0.4, 0.5) is 5.69 Å². The van der Waals surface area contributed by atoms with Gasteiger partial charge >= 0.3 is 0 Å². The number of nitrogens with one attached hydrogen (secondary N) is 2. The second-order valence-electron chi connectivity index (χ2n) is 5.06. The van der Waals surface area contributed by atoms with Crippen LogP contribution in [0.25, 0.3) is 0 Å². The second-order valence-corrected chi connectivity index (χ2v) is 5.06. The summed E-state index contributed by atoms with van der Waals surface area (Å²) in [7, 11) is 1.61. The van der Waals surface area contributed by atoms with Crippen molar-refractivity contribution in [2.45, 2.75) is 13.0 Å². The molecule has 21 heavy (non-hydrogen) atoms. The van der Waals surface area contributed by atoms with Crippen molar-refractivity contribution in [1.29, 1.82) is 0 Å². The fourth-order valence-corrected chi connectivity index (χ4v) is 2.64. The molecule has 2 aromatic carbocycles. The number of rotatable bonds is 3. The zero-order chi connectivity index (χ0) is 14.7. The highest BCUT2D eigenvalue weighted by Crippen LogP contribution is 2.21. The van der Waals surface area contributed by atoms with E-state index in [1.54, 1.807) is 7.11 Å². The van der Waals surface area contributed by atoms with Crippen molar-refractivity contribution in [3.05, 3.63) is 59.2 Å². The van der Waals surface area contributed by atoms with Gasteiger partial charge in [0, 0.05) is 23.9 Å². The smallest absolute Gasteiger partial charge is 0.255 e. The van der Waals surface area contributed by atoms with E-state index in [0.29, 0.717) is 0 Å². The summed E-state index contributed by atoms with van der Waals surface area (Å²) in [4.78, 5) is 12.5. The fraction of sp³-hybridized carbons (Fsp3) is 0.235. The maximum absolute atomic E-state index is 12.5. The third-order valence-corrected chi connectivity index (χ3v) is 3.71. The zero-order valence-corrected chi connectivity index (χ0v) is 12.0. The van der Waals surface area contributed by atoms with Gasteiger partial charge < -0.3 is 15.4 Å². The van der Waals surface area contributed by atoms with Crippen LogP contribution >= 0.6 is 0 Å². The lowest BCUT2D eigenvalue weighted by Crippen LogP contribution is -2.26. The number of benzene rings is 2. The zero-order valence-electron chi connectivity index (χ0n) is 12.0. The third-order valence-electron chi connectivity index (χ3n) is 3.71. The Morgan fingerprint density at radius 1 is 1.24 bits per heavy atom. The number of anilines is 1. The molecule has 0 bridgehead atoms. The fourth-order valence-electron chi connectivity index (χ4n) is 2.64. The molecule has 0 unspecified atom stereocenters. The summed E-state index contributed by atoms with van der Waals surface area (Å²) >= 11 is 0. The van der Waals surface area contributed by atoms with Crippen LogP contribution in [0.1, 0.15) is 21.5 Å². The first-order chi connectivity index (χ1) is 10.3. The quantitative estimate of drug-likeness (QED) is 0.909. The highest BCUT2D eigenvalue weighted by atomic mass is 16.5. The van der Waals surface area contributed by atoms with E-state index in [4.69, 9.17) is 4.74 Å². The lowest BCUT2D eigenvalue weighted by Gasteiger charge is -2.20. The summed E-state index contributed by atoms with van der Waals surface area (Å²) in [6.07, 6.45) is 0.886. The van der Waals surface area contributed by atoms with E-state index >= 15 is 0 Å². The molecular formula is C17H18N2O2. The molecule has 2 aromatic rings. The minimum atomic E-state index is -0.0676. The van der Waals surface area contributed by atoms with Crippen molar-refractivity contribution >= 4 is 11.6 Å². The molecule has 0 radical (unpaired) electrons. The monoisotopic (exact) mass is 282 g/mol. The molecular weight excluding hydrogens is 264 g/mol. The van der Waals surface area contributed by atoms with Crippen molar-refractivity contribution in [1.82, 2.24) is 5.32 Å². The highest BCUT2D eigenvalue weighted by molar-refractivity contribution is 6.05. The van der Waals surface area contributed by atoms with E-state index in [9.17, 15) is 4.79 Å². The summed E-state index contributed by atoms with van der Waals surface area (Å²) in [5.74, 6) is 0.661. The predicted octanol–water partition coefficient (Wildman–Crippen LogP) is 2.59. The first kappa shape index (κ1) is 13.6. The first-order valence-electron chi connectivity index (χ1n) is 7.05. The normalized spacial score (nSPS) is 13.4. The van der Waals surface area contributed by atoms with Crippen LogP contribution in [0, 0.1) is 0 Å². The second kappa shape index (κ2) is 5.97. The van der Waals surface area contributed by atoms with Gasteiger partial charge in [-0.1, -0.05) is 18.2 Å². The van der Waals surface area contributed by atoms with Crippen LogP contribution in [-0.2, 0) is 13.0 Å². The Hall–Kier alpha value is -2.33. The Morgan fingerprint density at radius 2 is 2.10 bits per heavy atom. The van der Waals surface area contributed by atoms with Crippen molar-refractivity contribution in [3.8, 4) is 5.75 Å². The number of fused-ring (bicyclic) bond motifs is 1. The van der Waals surface area contributed by atoms with Crippen LogP contribution in [0.2, 0.25) is 0 Å². The van der Waals surface area contributed by atoms with Crippen molar-refractivity contribution in [3.63, 3.8) is 0 Å². The lowest BCUT2D eigenvalue weighted by atomic mass is 9.95. The van der Waals surface area contributed by atoms with Gasteiger partial charge in [0.1, 0.15) is 5.75 Å². The number of hydrogen-bond acceptors (Lipinski definition) is 3. The van der Waals surface area contributed by atoms with Gasteiger partial charge in [-0.2, -0.15) is 0 Å². The molecule has 2 N–H and O–H groups in total. The summed E-state index contributed by atoms with van der Waals surface area (Å²) in [6, 6.07) is 13.3. The van der Waals surface area contributed by atoms with Gasteiger partial charge in [-0.05, 0) is 42.3 Å². The first-order valence-corrected chi connectivity index (χ1v) is 7.05. The maximum Gasteiger partial charge on any atom is 0.255 e. The van der Waals surface area contributed by atoms with Crippen LogP contribution in [0.5, 0.6) is 5.75 Å². The molecule has 1 aliphatic rings. The van der Waals surface area contributed by atoms with Crippen molar-refractivity contribution in [2.75, 3.05) is 19.0 Å². The molecule has 108 valence electrons. The molecule has 0 atom stereocenters. The molecule has 0 saturated carbocycles. The van der Waals surface area contributed by atoms with Gasteiger partial charge in [0.15, 0.2) is 0 Å². The van der Waals surface area contributed by atoms with E-state index in [2.05, 4.69) is 16.7 Å². The summed E-state index contributed by atoms with van der Waals surface area (Å²) in [6.45, 7) is 1.74. The minimum Gasteiger partial charge on any atom is -0.497 e. The van der Waals surface area contributed by atoms with Gasteiger partial charge in [-0.3, -0.25) is 4.79 Å². The van der Waals surface area contributed by atoms with Gasteiger partial charge in [0.05, 0.1) is 7.11 Å². The number of ether oxygens (including phenoxy) is 1. The van der Waals surface area contributed by atoms with Crippen molar-refractivity contribution in [2.24, 2.45) is 0 Å². The Morgan fingerprint density at radius 3 is 2.95 bits per heavy atom. The predicted molar refractivity (Wildman–Crippen MR) is 82.8 cm³/mol. The SMILES string of the molecule is COc1cccc(NC(=O)c2cccc3c2CCNC3)c1. The highest BCUT2D eigenvalue weighted by Gasteiger charge is 2.17. The summed E-state index contributed by atoms with van der Waals surface area (Å²) in [5.41, 5.74) is 3.86. The Balaban J connectivity index is 1.85. The number of methoxy groups -OCH3 is 1. The van der Waals surface area contributed by atoms with Crippen LogP contribution in [-0.4, -0.2) is 19.6 Å². The van der Waals surface area contributed by atoms with Crippen molar-refractivity contribution < 1.29 is 9.53 Å². The molecule has 0 aromatic heterocycles. The standard InChI is InChI=1S/C17H18N2O2/c1-21-14-6-3-5-13(10-14)19-17(20)16-7-2-4-12-11-18-9-8-15(12)16/h2-7,10,18H,8-9,11H2,1H3,(H,19,20).